The number of nitrogens with zero attached hydrogens (tertiary/aromatic N) is 2. The third-order valence-electron chi connectivity index (χ3n) is 2.76. The summed E-state index contributed by atoms with van der Waals surface area (Å²) in [5, 5.41) is 3.44. The Morgan fingerprint density at radius 1 is 1.30 bits per heavy atom. The highest BCUT2D eigenvalue weighted by molar-refractivity contribution is 7.18. The van der Waals surface area contributed by atoms with Crippen LogP contribution in [0, 0.1) is 5.82 Å². The van der Waals surface area contributed by atoms with Gasteiger partial charge < -0.3 is 5.32 Å². The summed E-state index contributed by atoms with van der Waals surface area (Å²) in [4.78, 5) is 19.9. The Bertz CT molecular complexity index is 739. The van der Waals surface area contributed by atoms with Crippen LogP contribution in [0.25, 0.3) is 10.2 Å². The predicted octanol–water partition coefficient (Wildman–Crippen LogP) is 2.76. The minimum atomic E-state index is -0.630. The molecule has 0 aliphatic carbocycles. The van der Waals surface area contributed by atoms with Crippen LogP contribution < -0.4 is 5.32 Å². The molecule has 3 rings (SSSR count). The number of nitrogens with one attached hydrogen (secondary N) is 1. The predicted molar refractivity (Wildman–Crippen MR) is 75.0 cm³/mol. The van der Waals surface area contributed by atoms with Crippen molar-refractivity contribution in [3.8, 4) is 0 Å². The zero-order chi connectivity index (χ0) is 13.9. The van der Waals surface area contributed by atoms with Crippen molar-refractivity contribution in [1.82, 2.24) is 15.3 Å². The van der Waals surface area contributed by atoms with Crippen LogP contribution in [0.4, 0.5) is 4.39 Å². The number of pyridine rings is 1. The lowest BCUT2D eigenvalue weighted by molar-refractivity contribution is 0.0946. The van der Waals surface area contributed by atoms with Gasteiger partial charge in [0.05, 0.1) is 28.5 Å². The van der Waals surface area contributed by atoms with Crippen LogP contribution in [0.5, 0.6) is 0 Å². The fraction of sp³-hybridized carbons (Fsp3) is 0.0714. The first-order valence-corrected chi connectivity index (χ1v) is 6.78. The average Bonchev–Trinajstić information content (AvgIpc) is 2.88. The van der Waals surface area contributed by atoms with Gasteiger partial charge in [-0.3, -0.25) is 9.78 Å². The number of amides is 1. The second-order valence-corrected chi connectivity index (χ2v) is 5.23. The molecule has 0 spiro atoms. The highest BCUT2D eigenvalue weighted by Crippen LogP contribution is 2.21. The molecule has 1 aromatic carbocycles. The number of halogens is 1. The molecule has 1 N–H and O–H groups in total. The second kappa shape index (κ2) is 5.34. The van der Waals surface area contributed by atoms with E-state index in [4.69, 9.17) is 0 Å². The van der Waals surface area contributed by atoms with Crippen molar-refractivity contribution in [1.29, 1.82) is 0 Å². The van der Waals surface area contributed by atoms with Crippen molar-refractivity contribution in [2.75, 3.05) is 0 Å². The maximum absolute atomic E-state index is 13.4. The van der Waals surface area contributed by atoms with Crippen LogP contribution in [0.2, 0.25) is 0 Å². The van der Waals surface area contributed by atoms with Crippen molar-refractivity contribution in [3.63, 3.8) is 0 Å². The summed E-state index contributed by atoms with van der Waals surface area (Å²) in [7, 11) is 0. The Balaban J connectivity index is 1.73. The van der Waals surface area contributed by atoms with Gasteiger partial charge >= 0.3 is 0 Å². The fourth-order valence-corrected chi connectivity index (χ4v) is 2.71. The van der Waals surface area contributed by atoms with E-state index in [1.165, 1.54) is 23.6 Å². The number of aromatic nitrogens is 2. The topological polar surface area (TPSA) is 54.9 Å². The molecule has 100 valence electrons. The van der Waals surface area contributed by atoms with Crippen molar-refractivity contribution >= 4 is 27.5 Å². The molecule has 1 amide bonds. The number of benzene rings is 1. The Kier molecular flexibility index (Phi) is 3.39. The van der Waals surface area contributed by atoms with E-state index in [1.54, 1.807) is 0 Å². The van der Waals surface area contributed by atoms with Crippen molar-refractivity contribution in [2.24, 2.45) is 0 Å². The molecular formula is C14H10FN3OS. The summed E-state index contributed by atoms with van der Waals surface area (Å²) < 4.78 is 14.5. The molecule has 0 atom stereocenters. The quantitative estimate of drug-likeness (QED) is 0.806. The summed E-state index contributed by atoms with van der Waals surface area (Å²) in [5.41, 5.74) is 0.887. The normalized spacial score (nSPS) is 10.7. The van der Waals surface area contributed by atoms with Crippen LogP contribution in [-0.2, 0) is 6.54 Å². The van der Waals surface area contributed by atoms with E-state index in [0.29, 0.717) is 0 Å². The largest absolute Gasteiger partial charge is 0.345 e. The molecule has 0 unspecified atom stereocenters. The summed E-state index contributed by atoms with van der Waals surface area (Å²) >= 11 is 1.51. The molecule has 20 heavy (non-hydrogen) atoms. The van der Waals surface area contributed by atoms with E-state index in [0.717, 1.165) is 21.4 Å². The van der Waals surface area contributed by atoms with Gasteiger partial charge in [0.15, 0.2) is 5.82 Å². The maximum atomic E-state index is 13.4. The van der Waals surface area contributed by atoms with E-state index < -0.39 is 11.7 Å². The smallest absolute Gasteiger partial charge is 0.254 e. The van der Waals surface area contributed by atoms with Gasteiger partial charge in [0.25, 0.3) is 5.91 Å². The molecule has 0 bridgehead atoms. The number of rotatable bonds is 3. The lowest BCUT2D eigenvalue weighted by Gasteiger charge is -2.03. The third kappa shape index (κ3) is 2.50. The molecule has 2 aromatic heterocycles. The second-order valence-electron chi connectivity index (χ2n) is 4.11. The molecule has 0 saturated carbocycles. The number of hydrogen-bond acceptors (Lipinski definition) is 4. The van der Waals surface area contributed by atoms with Gasteiger partial charge in [-0.2, -0.15) is 0 Å². The average molecular weight is 287 g/mol. The number of thiazole rings is 1. The van der Waals surface area contributed by atoms with E-state index in [2.05, 4.69) is 15.3 Å². The Hall–Kier alpha value is -2.34. The maximum Gasteiger partial charge on any atom is 0.254 e. The van der Waals surface area contributed by atoms with Crippen LogP contribution in [0.1, 0.15) is 15.4 Å². The molecule has 6 heteroatoms. The van der Waals surface area contributed by atoms with Gasteiger partial charge in [0.1, 0.15) is 5.01 Å². The lowest BCUT2D eigenvalue weighted by Crippen LogP contribution is -2.23. The summed E-state index contributed by atoms with van der Waals surface area (Å²) in [6, 6.07) is 9.09. The van der Waals surface area contributed by atoms with Crippen molar-refractivity contribution in [3.05, 3.63) is 59.1 Å². The van der Waals surface area contributed by atoms with Crippen LogP contribution in [0.3, 0.4) is 0 Å². The molecule has 0 aliphatic heterocycles. The number of para-hydroxylation sites is 1. The zero-order valence-corrected chi connectivity index (χ0v) is 11.2. The molecule has 0 fully saturated rings. The van der Waals surface area contributed by atoms with Crippen LogP contribution in [0.15, 0.2) is 42.7 Å². The van der Waals surface area contributed by atoms with Gasteiger partial charge in [-0.25, -0.2) is 9.37 Å². The number of carbonyl (C=O) groups excluding carboxylic acids is 1. The number of hydrogen-bond donors (Lipinski definition) is 1. The Labute approximate surface area is 118 Å². The van der Waals surface area contributed by atoms with Gasteiger partial charge in [0.2, 0.25) is 0 Å². The first-order chi connectivity index (χ1) is 9.74. The SMILES string of the molecule is O=C(NCc1nc2ccccc2s1)c1ccncc1F. The summed E-state index contributed by atoms with van der Waals surface area (Å²) in [6.45, 7) is 0.278. The summed E-state index contributed by atoms with van der Waals surface area (Å²) in [6.07, 6.45) is 2.41. The first kappa shape index (κ1) is 12.7. The van der Waals surface area contributed by atoms with Crippen molar-refractivity contribution < 1.29 is 9.18 Å². The monoisotopic (exact) mass is 287 g/mol. The van der Waals surface area contributed by atoms with Gasteiger partial charge in [0, 0.05) is 6.20 Å². The Morgan fingerprint density at radius 3 is 2.95 bits per heavy atom. The minimum Gasteiger partial charge on any atom is -0.345 e. The van der Waals surface area contributed by atoms with Gasteiger partial charge in [-0.15, -0.1) is 11.3 Å². The standard InChI is InChI=1S/C14H10FN3OS/c15-10-7-16-6-5-9(10)14(19)17-8-13-18-11-3-1-2-4-12(11)20-13/h1-7H,8H2,(H,17,19). The highest BCUT2D eigenvalue weighted by Gasteiger charge is 2.11. The number of fused-ring (bicyclic) bond motifs is 1. The van der Waals surface area contributed by atoms with Gasteiger partial charge in [-0.05, 0) is 18.2 Å². The molecule has 4 nitrogen and oxygen atoms in total. The first-order valence-electron chi connectivity index (χ1n) is 5.96. The van der Waals surface area contributed by atoms with Gasteiger partial charge in [-0.1, -0.05) is 12.1 Å². The molecule has 3 aromatic rings. The number of carbonyl (C=O) groups is 1. The lowest BCUT2D eigenvalue weighted by atomic mass is 10.2. The third-order valence-corrected chi connectivity index (χ3v) is 3.79. The van der Waals surface area contributed by atoms with E-state index >= 15 is 0 Å². The molecular weight excluding hydrogens is 277 g/mol. The molecule has 2 heterocycles. The van der Waals surface area contributed by atoms with Crippen molar-refractivity contribution in [2.45, 2.75) is 6.54 Å². The van der Waals surface area contributed by atoms with Crippen LogP contribution >= 0.6 is 11.3 Å². The summed E-state index contributed by atoms with van der Waals surface area (Å²) in [5.74, 6) is -1.10. The highest BCUT2D eigenvalue weighted by atomic mass is 32.1. The van der Waals surface area contributed by atoms with E-state index in [9.17, 15) is 9.18 Å². The molecule has 0 saturated heterocycles. The fourth-order valence-electron chi connectivity index (χ4n) is 1.81. The molecule has 0 aliphatic rings. The van der Waals surface area contributed by atoms with E-state index in [-0.39, 0.29) is 12.1 Å². The van der Waals surface area contributed by atoms with E-state index in [1.807, 2.05) is 24.3 Å². The van der Waals surface area contributed by atoms with Crippen LogP contribution in [-0.4, -0.2) is 15.9 Å². The Morgan fingerprint density at radius 2 is 2.15 bits per heavy atom. The minimum absolute atomic E-state index is 0.0129. The molecule has 0 radical (unpaired) electrons. The zero-order valence-electron chi connectivity index (χ0n) is 10.3.